The van der Waals surface area contributed by atoms with Crippen molar-refractivity contribution in [2.45, 2.75) is 46.8 Å². The fraction of sp³-hybridized carbons (Fsp3) is 0.333. The lowest BCUT2D eigenvalue weighted by Crippen LogP contribution is -2.12. The molecule has 3 aromatic heterocycles. The number of esters is 1. The Morgan fingerprint density at radius 1 is 1.20 bits per heavy atom. The Kier molecular flexibility index (Phi) is 5.51. The van der Waals surface area contributed by atoms with Crippen molar-refractivity contribution in [1.29, 1.82) is 0 Å². The third-order valence-electron chi connectivity index (χ3n) is 4.85. The van der Waals surface area contributed by atoms with E-state index < -0.39 is 5.97 Å². The van der Waals surface area contributed by atoms with Crippen molar-refractivity contribution >= 4 is 17.1 Å². The molecular formula is C21H22N6O3. The standard InChI is InChI=1S/C21H22N6O3/c1-4-5-10-27-18(23-25-26-27)12-29-21(28)16-11-17(15-8-6-13(2)7-9-15)22-20-19(16)14(3)24-30-20/h6-9,11H,4-5,10,12H2,1-3H3. The maximum atomic E-state index is 13.0. The van der Waals surface area contributed by atoms with Gasteiger partial charge >= 0.3 is 5.97 Å². The Morgan fingerprint density at radius 3 is 2.77 bits per heavy atom. The van der Waals surface area contributed by atoms with Gasteiger partial charge in [-0.3, -0.25) is 0 Å². The molecule has 0 atom stereocenters. The zero-order valence-corrected chi connectivity index (χ0v) is 17.1. The summed E-state index contributed by atoms with van der Waals surface area (Å²) in [4.78, 5) is 17.5. The van der Waals surface area contributed by atoms with E-state index >= 15 is 0 Å². The van der Waals surface area contributed by atoms with Crippen molar-refractivity contribution < 1.29 is 14.1 Å². The van der Waals surface area contributed by atoms with Crippen LogP contribution < -0.4 is 0 Å². The molecule has 0 unspecified atom stereocenters. The maximum Gasteiger partial charge on any atom is 0.339 e. The molecule has 154 valence electrons. The first kappa shape index (κ1) is 19.7. The lowest BCUT2D eigenvalue weighted by molar-refractivity contribution is 0.0458. The summed E-state index contributed by atoms with van der Waals surface area (Å²) in [5.74, 6) is -0.00463. The van der Waals surface area contributed by atoms with E-state index in [1.54, 1.807) is 17.7 Å². The lowest BCUT2D eigenvalue weighted by Gasteiger charge is -2.08. The second-order valence-corrected chi connectivity index (χ2v) is 7.12. The monoisotopic (exact) mass is 406 g/mol. The number of hydrogen-bond acceptors (Lipinski definition) is 8. The molecule has 0 aliphatic rings. The third-order valence-corrected chi connectivity index (χ3v) is 4.85. The van der Waals surface area contributed by atoms with Crippen molar-refractivity contribution in [3.63, 3.8) is 0 Å². The van der Waals surface area contributed by atoms with Gasteiger partial charge in [-0.2, -0.15) is 0 Å². The van der Waals surface area contributed by atoms with Gasteiger partial charge in [0, 0.05) is 12.1 Å². The third kappa shape index (κ3) is 3.91. The minimum Gasteiger partial charge on any atom is -0.454 e. The molecule has 9 nitrogen and oxygen atoms in total. The number of unbranched alkanes of at least 4 members (excludes halogenated alkanes) is 1. The van der Waals surface area contributed by atoms with Gasteiger partial charge in [-0.1, -0.05) is 48.3 Å². The quantitative estimate of drug-likeness (QED) is 0.428. The minimum absolute atomic E-state index is 0.0242. The smallest absolute Gasteiger partial charge is 0.339 e. The zero-order chi connectivity index (χ0) is 21.1. The van der Waals surface area contributed by atoms with E-state index in [4.69, 9.17) is 9.26 Å². The molecule has 0 aliphatic carbocycles. The molecule has 0 N–H and O–H groups in total. The van der Waals surface area contributed by atoms with Crippen molar-refractivity contribution in [1.82, 2.24) is 30.3 Å². The number of carbonyl (C=O) groups is 1. The van der Waals surface area contributed by atoms with E-state index in [-0.39, 0.29) is 6.61 Å². The highest BCUT2D eigenvalue weighted by Crippen LogP contribution is 2.28. The largest absolute Gasteiger partial charge is 0.454 e. The Labute approximate surface area is 173 Å². The number of aryl methyl sites for hydroxylation is 3. The van der Waals surface area contributed by atoms with Crippen LogP contribution in [0.3, 0.4) is 0 Å². The van der Waals surface area contributed by atoms with Crippen LogP contribution in [0.4, 0.5) is 0 Å². The highest BCUT2D eigenvalue weighted by molar-refractivity contribution is 6.04. The Hall–Kier alpha value is -3.62. The van der Waals surface area contributed by atoms with E-state index in [0.29, 0.717) is 40.4 Å². The summed E-state index contributed by atoms with van der Waals surface area (Å²) in [6.45, 7) is 6.52. The molecule has 0 bridgehead atoms. The summed E-state index contributed by atoms with van der Waals surface area (Å²) in [6.07, 6.45) is 1.96. The number of tetrazole rings is 1. The molecule has 3 heterocycles. The molecule has 4 aromatic rings. The van der Waals surface area contributed by atoms with Crippen LogP contribution in [0.15, 0.2) is 34.9 Å². The predicted molar refractivity (Wildman–Crippen MR) is 109 cm³/mol. The van der Waals surface area contributed by atoms with Crippen LogP contribution in [0, 0.1) is 13.8 Å². The fourth-order valence-electron chi connectivity index (χ4n) is 3.14. The van der Waals surface area contributed by atoms with E-state index in [0.717, 1.165) is 24.0 Å². The molecule has 0 amide bonds. The number of fused-ring (bicyclic) bond motifs is 1. The van der Waals surface area contributed by atoms with Gasteiger partial charge in [0.05, 0.1) is 22.3 Å². The SMILES string of the molecule is CCCCn1nnnc1COC(=O)c1cc(-c2ccc(C)cc2)nc2onc(C)c12. The van der Waals surface area contributed by atoms with Crippen LogP contribution in [-0.2, 0) is 17.9 Å². The van der Waals surface area contributed by atoms with Gasteiger partial charge in [0.25, 0.3) is 5.71 Å². The second-order valence-electron chi connectivity index (χ2n) is 7.12. The Morgan fingerprint density at radius 2 is 2.00 bits per heavy atom. The normalized spacial score (nSPS) is 11.2. The molecular weight excluding hydrogens is 384 g/mol. The Bertz CT molecular complexity index is 1180. The summed E-state index contributed by atoms with van der Waals surface area (Å²) >= 11 is 0. The molecule has 0 spiro atoms. The highest BCUT2D eigenvalue weighted by Gasteiger charge is 2.21. The molecule has 0 saturated heterocycles. The van der Waals surface area contributed by atoms with E-state index in [1.807, 2.05) is 31.2 Å². The van der Waals surface area contributed by atoms with Gasteiger partial charge in [0.2, 0.25) is 0 Å². The lowest BCUT2D eigenvalue weighted by atomic mass is 10.0. The van der Waals surface area contributed by atoms with Crippen molar-refractivity contribution in [3.05, 3.63) is 53.0 Å². The first-order valence-corrected chi connectivity index (χ1v) is 9.83. The van der Waals surface area contributed by atoms with Crippen LogP contribution >= 0.6 is 0 Å². The number of aromatic nitrogens is 6. The summed E-state index contributed by atoms with van der Waals surface area (Å²) in [6, 6.07) is 9.58. The second kappa shape index (κ2) is 8.40. The number of hydrogen-bond donors (Lipinski definition) is 0. The number of rotatable bonds is 7. The fourth-order valence-corrected chi connectivity index (χ4v) is 3.14. The molecule has 0 radical (unpaired) electrons. The number of ether oxygens (including phenoxy) is 1. The number of pyridine rings is 1. The van der Waals surface area contributed by atoms with Gasteiger partial charge in [-0.05, 0) is 36.8 Å². The predicted octanol–water partition coefficient (Wildman–Crippen LogP) is 3.65. The molecule has 9 heteroatoms. The summed E-state index contributed by atoms with van der Waals surface area (Å²) in [5.41, 5.74) is 3.84. The van der Waals surface area contributed by atoms with Crippen LogP contribution in [-0.4, -0.2) is 36.3 Å². The molecule has 0 saturated carbocycles. The first-order valence-electron chi connectivity index (χ1n) is 9.83. The summed E-state index contributed by atoms with van der Waals surface area (Å²) in [7, 11) is 0. The van der Waals surface area contributed by atoms with Crippen LogP contribution in [0.2, 0.25) is 0 Å². The van der Waals surface area contributed by atoms with E-state index in [2.05, 4.69) is 32.6 Å². The molecule has 4 rings (SSSR count). The molecule has 0 aliphatic heterocycles. The highest BCUT2D eigenvalue weighted by atomic mass is 16.5. The molecule has 0 fully saturated rings. The van der Waals surface area contributed by atoms with Crippen molar-refractivity contribution in [2.75, 3.05) is 0 Å². The van der Waals surface area contributed by atoms with Gasteiger partial charge in [-0.25, -0.2) is 14.5 Å². The van der Waals surface area contributed by atoms with Crippen molar-refractivity contribution in [3.8, 4) is 11.3 Å². The summed E-state index contributed by atoms with van der Waals surface area (Å²) < 4.78 is 12.5. The van der Waals surface area contributed by atoms with Gasteiger partial charge in [-0.15, -0.1) is 5.10 Å². The number of benzene rings is 1. The average Bonchev–Trinajstić information content (AvgIpc) is 3.36. The first-order chi connectivity index (χ1) is 14.6. The molecule has 30 heavy (non-hydrogen) atoms. The minimum atomic E-state index is -0.507. The van der Waals surface area contributed by atoms with E-state index in [1.165, 1.54) is 0 Å². The van der Waals surface area contributed by atoms with Gasteiger partial charge in [0.15, 0.2) is 12.4 Å². The number of carbonyl (C=O) groups excluding carboxylic acids is 1. The van der Waals surface area contributed by atoms with Crippen LogP contribution in [0.1, 0.15) is 47.2 Å². The average molecular weight is 406 g/mol. The van der Waals surface area contributed by atoms with Crippen LogP contribution in [0.25, 0.3) is 22.4 Å². The maximum absolute atomic E-state index is 13.0. The van der Waals surface area contributed by atoms with Gasteiger partial charge < -0.3 is 9.26 Å². The Balaban J connectivity index is 1.64. The van der Waals surface area contributed by atoms with Crippen molar-refractivity contribution in [2.24, 2.45) is 0 Å². The van der Waals surface area contributed by atoms with Crippen LogP contribution in [0.5, 0.6) is 0 Å². The number of nitrogens with zero attached hydrogens (tertiary/aromatic N) is 6. The summed E-state index contributed by atoms with van der Waals surface area (Å²) in [5, 5.41) is 16.1. The van der Waals surface area contributed by atoms with Gasteiger partial charge in [0.1, 0.15) is 0 Å². The van der Waals surface area contributed by atoms with E-state index in [9.17, 15) is 4.79 Å². The topological polar surface area (TPSA) is 109 Å². The molecule has 1 aromatic carbocycles. The zero-order valence-electron chi connectivity index (χ0n) is 17.1.